The highest BCUT2D eigenvalue weighted by Gasteiger charge is 2.21. The summed E-state index contributed by atoms with van der Waals surface area (Å²) < 4.78 is 0. The Morgan fingerprint density at radius 2 is 0.783 bits per heavy atom. The third-order valence-corrected chi connectivity index (χ3v) is 9.93. The third-order valence-electron chi connectivity index (χ3n) is 9.93. The Kier molecular flexibility index (Phi) is 5.38. The van der Waals surface area contributed by atoms with Crippen LogP contribution in [0, 0.1) is 0 Å². The molecule has 9 aromatic rings. The summed E-state index contributed by atoms with van der Waals surface area (Å²) in [5.41, 5.74) is 12.8. The molecule has 0 atom stereocenters. The molecule has 0 aliphatic heterocycles. The van der Waals surface area contributed by atoms with Crippen LogP contribution in [0.2, 0.25) is 0 Å². The average Bonchev–Trinajstić information content (AvgIpc) is 3.45. The molecule has 0 radical (unpaired) electrons. The summed E-state index contributed by atoms with van der Waals surface area (Å²) in [6.07, 6.45) is 0. The molecule has 46 heavy (non-hydrogen) atoms. The molecule has 0 bridgehead atoms. The Morgan fingerprint density at radius 3 is 1.61 bits per heavy atom. The van der Waals surface area contributed by atoms with E-state index >= 15 is 0 Å². The van der Waals surface area contributed by atoms with Gasteiger partial charge in [-0.05, 0) is 135 Å². The van der Waals surface area contributed by atoms with Crippen molar-refractivity contribution in [3.63, 3.8) is 0 Å². The van der Waals surface area contributed by atoms with Gasteiger partial charge in [0.1, 0.15) is 0 Å². The van der Waals surface area contributed by atoms with Crippen LogP contribution in [0.25, 0.3) is 98.7 Å². The maximum absolute atomic E-state index is 2.38. The fourth-order valence-electron chi connectivity index (χ4n) is 7.75. The van der Waals surface area contributed by atoms with Gasteiger partial charge in [-0.25, -0.2) is 0 Å². The first kappa shape index (κ1) is 25.4. The zero-order valence-corrected chi connectivity index (χ0v) is 25.2. The fraction of sp³-hybridized carbons (Fsp3) is 0. The smallest absolute Gasteiger partial charge is 0.00259 e. The second-order valence-electron chi connectivity index (χ2n) is 12.5. The van der Waals surface area contributed by atoms with E-state index in [0.29, 0.717) is 0 Å². The average molecular weight is 581 g/mol. The van der Waals surface area contributed by atoms with Crippen LogP contribution in [0.3, 0.4) is 0 Å². The molecule has 0 N–H and O–H groups in total. The molecule has 0 unspecified atom stereocenters. The van der Waals surface area contributed by atoms with Crippen LogP contribution in [0.1, 0.15) is 0 Å². The van der Waals surface area contributed by atoms with Crippen molar-refractivity contribution < 1.29 is 0 Å². The molecule has 212 valence electrons. The van der Waals surface area contributed by atoms with E-state index in [2.05, 4.69) is 170 Å². The molecule has 0 heteroatoms. The van der Waals surface area contributed by atoms with Crippen LogP contribution in [-0.4, -0.2) is 0 Å². The molecular weight excluding hydrogens is 553 g/mol. The van der Waals surface area contributed by atoms with Crippen LogP contribution < -0.4 is 0 Å². The summed E-state index contributed by atoms with van der Waals surface area (Å²) in [6, 6.07) is 62.8. The monoisotopic (exact) mass is 580 g/mol. The van der Waals surface area contributed by atoms with Gasteiger partial charge >= 0.3 is 0 Å². The Morgan fingerprint density at radius 1 is 0.217 bits per heavy atom. The van der Waals surface area contributed by atoms with Crippen LogP contribution >= 0.6 is 0 Å². The molecule has 1 aliphatic rings. The van der Waals surface area contributed by atoms with Crippen LogP contribution in [-0.2, 0) is 0 Å². The lowest BCUT2D eigenvalue weighted by atomic mass is 9.91. The van der Waals surface area contributed by atoms with E-state index in [9.17, 15) is 0 Å². The van der Waals surface area contributed by atoms with Crippen molar-refractivity contribution in [3.8, 4) is 55.6 Å². The van der Waals surface area contributed by atoms with Gasteiger partial charge in [0.25, 0.3) is 0 Å². The number of fused-ring (bicyclic) bond motifs is 7. The minimum absolute atomic E-state index is 1.23. The molecule has 0 saturated carbocycles. The van der Waals surface area contributed by atoms with Crippen molar-refractivity contribution in [2.75, 3.05) is 0 Å². The van der Waals surface area contributed by atoms with Gasteiger partial charge in [-0.3, -0.25) is 0 Å². The normalized spacial score (nSPS) is 11.9. The Hall–Kier alpha value is -5.98. The maximum Gasteiger partial charge on any atom is -0.00259 e. The summed E-state index contributed by atoms with van der Waals surface area (Å²) in [5.74, 6) is 0. The largest absolute Gasteiger partial charge is 0.0616 e. The van der Waals surface area contributed by atoms with Crippen LogP contribution in [0.15, 0.2) is 170 Å². The first-order valence-corrected chi connectivity index (χ1v) is 16.0. The molecule has 0 fully saturated rings. The lowest BCUT2D eigenvalue weighted by molar-refractivity contribution is 1.62. The maximum atomic E-state index is 2.38. The van der Waals surface area contributed by atoms with Crippen molar-refractivity contribution in [2.24, 2.45) is 0 Å². The molecule has 1 aliphatic carbocycles. The minimum Gasteiger partial charge on any atom is -0.0616 e. The van der Waals surface area contributed by atoms with Gasteiger partial charge in [0, 0.05) is 0 Å². The number of rotatable bonds is 3. The van der Waals surface area contributed by atoms with E-state index in [4.69, 9.17) is 0 Å². The second kappa shape index (κ2) is 9.76. The molecule has 9 aromatic carbocycles. The minimum atomic E-state index is 1.23. The van der Waals surface area contributed by atoms with Gasteiger partial charge in [0.15, 0.2) is 0 Å². The zero-order chi connectivity index (χ0) is 30.2. The van der Waals surface area contributed by atoms with Crippen molar-refractivity contribution in [2.45, 2.75) is 0 Å². The van der Waals surface area contributed by atoms with Crippen LogP contribution in [0.4, 0.5) is 0 Å². The molecule has 0 spiro atoms. The van der Waals surface area contributed by atoms with Gasteiger partial charge in [-0.1, -0.05) is 133 Å². The first-order chi connectivity index (χ1) is 22.8. The van der Waals surface area contributed by atoms with Crippen molar-refractivity contribution in [1.82, 2.24) is 0 Å². The number of hydrogen-bond donors (Lipinski definition) is 0. The molecule has 0 saturated heterocycles. The van der Waals surface area contributed by atoms with Crippen molar-refractivity contribution in [3.05, 3.63) is 170 Å². The zero-order valence-electron chi connectivity index (χ0n) is 25.2. The second-order valence-corrected chi connectivity index (χ2v) is 12.5. The van der Waals surface area contributed by atoms with Gasteiger partial charge in [-0.2, -0.15) is 0 Å². The summed E-state index contributed by atoms with van der Waals surface area (Å²) >= 11 is 0. The topological polar surface area (TPSA) is 0 Å². The Bertz CT molecular complexity index is 2690. The number of benzene rings is 9. The molecule has 10 rings (SSSR count). The Balaban J connectivity index is 1.05. The molecule has 0 aromatic heterocycles. The summed E-state index contributed by atoms with van der Waals surface area (Å²) in [6.45, 7) is 0. The predicted molar refractivity (Wildman–Crippen MR) is 197 cm³/mol. The van der Waals surface area contributed by atoms with Gasteiger partial charge < -0.3 is 0 Å². The molecular formula is C46H28. The van der Waals surface area contributed by atoms with Gasteiger partial charge in [-0.15, -0.1) is 0 Å². The van der Waals surface area contributed by atoms with E-state index in [1.807, 2.05) is 0 Å². The highest BCUT2D eigenvalue weighted by molar-refractivity contribution is 6.17. The quantitative estimate of drug-likeness (QED) is 0.182. The molecule has 0 amide bonds. The van der Waals surface area contributed by atoms with Crippen molar-refractivity contribution in [1.29, 1.82) is 0 Å². The third kappa shape index (κ3) is 3.81. The highest BCUT2D eigenvalue weighted by atomic mass is 14.2. The van der Waals surface area contributed by atoms with E-state index < -0.39 is 0 Å². The summed E-state index contributed by atoms with van der Waals surface area (Å²) in [4.78, 5) is 0. The van der Waals surface area contributed by atoms with Crippen LogP contribution in [0.5, 0.6) is 0 Å². The van der Waals surface area contributed by atoms with E-state index in [0.717, 1.165) is 0 Å². The Labute approximate surface area is 267 Å². The summed E-state index contributed by atoms with van der Waals surface area (Å²) in [7, 11) is 0. The standard InChI is InChI=1S/C46H28/c1-2-13-38-35(9-1)27-44(41-16-5-3-14-39(38)41)34-11-7-10-29(25-34)30-19-20-32-24-33(22-21-31(32)23-30)37-26-36-12-8-18-43-40-15-4-6-17-42(40)45(28-37)46(36)43/h1-28H. The van der Waals surface area contributed by atoms with Gasteiger partial charge in [0.05, 0.1) is 0 Å². The lowest BCUT2D eigenvalue weighted by Crippen LogP contribution is -1.86. The summed E-state index contributed by atoms with van der Waals surface area (Å²) in [5, 5.41) is 10.3. The molecule has 0 heterocycles. The highest BCUT2D eigenvalue weighted by Crippen LogP contribution is 2.48. The van der Waals surface area contributed by atoms with Gasteiger partial charge in [0.2, 0.25) is 0 Å². The fourth-order valence-corrected chi connectivity index (χ4v) is 7.75. The first-order valence-electron chi connectivity index (χ1n) is 16.0. The van der Waals surface area contributed by atoms with E-state index in [-0.39, 0.29) is 0 Å². The van der Waals surface area contributed by atoms with E-state index in [1.54, 1.807) is 0 Å². The number of hydrogen-bond acceptors (Lipinski definition) is 0. The van der Waals surface area contributed by atoms with E-state index in [1.165, 1.54) is 98.7 Å². The molecule has 0 nitrogen and oxygen atoms in total. The lowest BCUT2D eigenvalue weighted by Gasteiger charge is -2.13. The van der Waals surface area contributed by atoms with Crippen molar-refractivity contribution >= 4 is 43.1 Å². The SMILES string of the molecule is c1cc(-c2ccc3cc(-c4cc5c6c(cccc6c4)-c4ccccc4-5)ccc3c2)cc(-c2cc3ccccc3c3ccccc23)c1. The predicted octanol–water partition coefficient (Wildman–Crippen LogP) is 12.9.